The molecule has 0 bridgehead atoms. The van der Waals surface area contributed by atoms with Crippen molar-refractivity contribution in [2.45, 2.75) is 19.2 Å². The molecule has 0 spiro atoms. The van der Waals surface area contributed by atoms with E-state index < -0.39 is 48.1 Å². The van der Waals surface area contributed by atoms with Gasteiger partial charge in [-0.15, -0.1) is 13.2 Å². The molecule has 0 fully saturated rings. The summed E-state index contributed by atoms with van der Waals surface area (Å²) in [6.07, 6.45) is -9.33. The number of esters is 1. The van der Waals surface area contributed by atoms with Gasteiger partial charge in [-0.2, -0.15) is 4.39 Å². The van der Waals surface area contributed by atoms with Crippen molar-refractivity contribution >= 4 is 5.97 Å². The molecule has 0 saturated carbocycles. The maximum atomic E-state index is 13.2. The number of carbonyl (C=O) groups is 1. The van der Waals surface area contributed by atoms with Crippen molar-refractivity contribution in [1.29, 1.82) is 0 Å². The van der Waals surface area contributed by atoms with E-state index >= 15 is 0 Å². The maximum absolute atomic E-state index is 13.2. The van der Waals surface area contributed by atoms with Crippen LogP contribution in [0.25, 0.3) is 0 Å². The summed E-state index contributed by atoms with van der Waals surface area (Å²) >= 11 is 0. The number of aromatic nitrogens is 1. The van der Waals surface area contributed by atoms with Crippen LogP contribution in [-0.4, -0.2) is 24.4 Å². The lowest BCUT2D eigenvalue weighted by Crippen LogP contribution is -2.19. The summed E-state index contributed by atoms with van der Waals surface area (Å²) in [6, 6.07) is 0.152. The van der Waals surface area contributed by atoms with Crippen molar-refractivity contribution in [1.82, 2.24) is 4.98 Å². The van der Waals surface area contributed by atoms with E-state index in [2.05, 4.69) is 14.5 Å². The highest BCUT2D eigenvalue weighted by molar-refractivity contribution is 5.72. The first-order valence-corrected chi connectivity index (χ1v) is 4.94. The highest BCUT2D eigenvalue weighted by Crippen LogP contribution is 2.31. The number of hydrogen-bond donors (Lipinski definition) is 0. The van der Waals surface area contributed by atoms with Gasteiger partial charge in [0.05, 0.1) is 19.2 Å². The Morgan fingerprint density at radius 3 is 2.45 bits per heavy atom. The lowest BCUT2D eigenvalue weighted by Gasteiger charge is -2.13. The average Bonchev–Trinajstić information content (AvgIpc) is 2.30. The molecule has 0 unspecified atom stereocenters. The Kier molecular flexibility index (Phi) is 4.79. The number of carbonyl (C=O) groups excluding carboxylic acids is 1. The molecule has 0 aliphatic carbocycles. The number of ether oxygens (including phenoxy) is 2. The predicted octanol–water partition coefficient (Wildman–Crippen LogP) is 2.77. The van der Waals surface area contributed by atoms with Gasteiger partial charge in [0, 0.05) is 5.56 Å². The molecule has 1 heterocycles. The minimum atomic E-state index is -5.26. The van der Waals surface area contributed by atoms with Crippen molar-refractivity contribution in [3.05, 3.63) is 23.3 Å². The van der Waals surface area contributed by atoms with E-state index in [1.54, 1.807) is 0 Å². The Balaban J connectivity index is 3.21. The fourth-order valence-electron chi connectivity index (χ4n) is 1.26. The van der Waals surface area contributed by atoms with Gasteiger partial charge in [-0.1, -0.05) is 0 Å². The van der Waals surface area contributed by atoms with E-state index in [4.69, 9.17) is 0 Å². The van der Waals surface area contributed by atoms with Gasteiger partial charge in [-0.25, -0.2) is 13.8 Å². The van der Waals surface area contributed by atoms with Crippen molar-refractivity contribution in [2.75, 3.05) is 7.11 Å². The molecule has 4 nitrogen and oxygen atoms in total. The molecule has 10 heteroatoms. The molecular weight excluding hydrogens is 296 g/mol. The number of hydrogen-bond acceptors (Lipinski definition) is 4. The van der Waals surface area contributed by atoms with Gasteiger partial charge in [-0.05, 0) is 6.07 Å². The van der Waals surface area contributed by atoms with Gasteiger partial charge in [-0.3, -0.25) is 4.79 Å². The Morgan fingerprint density at radius 1 is 1.40 bits per heavy atom. The number of alkyl halides is 5. The summed E-state index contributed by atoms with van der Waals surface area (Å²) in [6.45, 7) is 0. The maximum Gasteiger partial charge on any atom is 0.573 e. The van der Waals surface area contributed by atoms with Crippen LogP contribution in [0.5, 0.6) is 5.75 Å². The van der Waals surface area contributed by atoms with Crippen LogP contribution in [0.3, 0.4) is 0 Å². The largest absolute Gasteiger partial charge is 0.573 e. The predicted molar refractivity (Wildman–Crippen MR) is 51.6 cm³/mol. The second kappa shape index (κ2) is 5.97. The molecule has 1 rings (SSSR count). The molecule has 1 aromatic heterocycles. The van der Waals surface area contributed by atoms with E-state index in [9.17, 15) is 31.1 Å². The molecule has 0 saturated heterocycles. The summed E-state index contributed by atoms with van der Waals surface area (Å²) in [5.74, 6) is -4.25. The van der Waals surface area contributed by atoms with Gasteiger partial charge >= 0.3 is 12.3 Å². The molecule has 0 N–H and O–H groups in total. The highest BCUT2D eigenvalue weighted by Gasteiger charge is 2.34. The van der Waals surface area contributed by atoms with Gasteiger partial charge in [0.15, 0.2) is 5.75 Å². The third-order valence-electron chi connectivity index (χ3n) is 2.06. The third-order valence-corrected chi connectivity index (χ3v) is 2.06. The summed E-state index contributed by atoms with van der Waals surface area (Å²) in [4.78, 5) is 13.8. The molecule has 0 aliphatic heterocycles. The number of rotatable bonds is 4. The Hall–Kier alpha value is -2.00. The first kappa shape index (κ1) is 16.1. The van der Waals surface area contributed by atoms with Crippen LogP contribution in [0.15, 0.2) is 6.07 Å². The number of nitrogens with zero attached hydrogens (tertiary/aromatic N) is 1. The van der Waals surface area contributed by atoms with Gasteiger partial charge in [0.1, 0.15) is 0 Å². The van der Waals surface area contributed by atoms with Gasteiger partial charge < -0.3 is 9.47 Å². The van der Waals surface area contributed by atoms with E-state index in [1.165, 1.54) is 0 Å². The molecule has 0 atom stereocenters. The van der Waals surface area contributed by atoms with Crippen molar-refractivity contribution in [3.63, 3.8) is 0 Å². The van der Waals surface area contributed by atoms with Crippen molar-refractivity contribution in [2.24, 2.45) is 0 Å². The van der Waals surface area contributed by atoms with Crippen LogP contribution < -0.4 is 4.74 Å². The Labute approximate surface area is 108 Å². The summed E-state index contributed by atoms with van der Waals surface area (Å²) in [5.41, 5.74) is -1.77. The van der Waals surface area contributed by atoms with E-state index in [1.807, 2.05) is 0 Å². The van der Waals surface area contributed by atoms with E-state index in [0.29, 0.717) is 0 Å². The minimum Gasteiger partial charge on any atom is -0.469 e. The fourth-order valence-corrected chi connectivity index (χ4v) is 1.26. The van der Waals surface area contributed by atoms with E-state index in [-0.39, 0.29) is 6.07 Å². The topological polar surface area (TPSA) is 48.4 Å². The average molecular weight is 303 g/mol. The SMILES string of the molecule is COC(=O)Cc1nc(F)c(OC(F)(F)F)cc1C(F)F. The number of halogens is 6. The quantitative estimate of drug-likeness (QED) is 0.487. The molecular formula is C10H7F6NO3. The highest BCUT2D eigenvalue weighted by atomic mass is 19.4. The zero-order valence-electron chi connectivity index (χ0n) is 9.80. The van der Waals surface area contributed by atoms with Crippen LogP contribution in [-0.2, 0) is 16.0 Å². The second-order valence-corrected chi connectivity index (χ2v) is 3.41. The number of pyridine rings is 1. The van der Waals surface area contributed by atoms with Crippen LogP contribution in [0, 0.1) is 5.95 Å². The van der Waals surface area contributed by atoms with Crippen molar-refractivity contribution < 1.29 is 40.6 Å². The first-order valence-electron chi connectivity index (χ1n) is 4.94. The monoisotopic (exact) mass is 303 g/mol. The van der Waals surface area contributed by atoms with Crippen LogP contribution >= 0.6 is 0 Å². The molecule has 0 aliphatic rings. The molecule has 0 amide bonds. The smallest absolute Gasteiger partial charge is 0.469 e. The molecule has 112 valence electrons. The number of methoxy groups -OCH3 is 1. The zero-order chi connectivity index (χ0) is 15.5. The van der Waals surface area contributed by atoms with Crippen LogP contribution in [0.4, 0.5) is 26.3 Å². The molecule has 0 radical (unpaired) electrons. The van der Waals surface area contributed by atoms with Gasteiger partial charge in [0.25, 0.3) is 12.4 Å². The summed E-state index contributed by atoms with van der Waals surface area (Å²) in [7, 11) is 0.960. The zero-order valence-corrected chi connectivity index (χ0v) is 9.80. The van der Waals surface area contributed by atoms with Crippen LogP contribution in [0.1, 0.15) is 17.7 Å². The second-order valence-electron chi connectivity index (χ2n) is 3.41. The van der Waals surface area contributed by atoms with Gasteiger partial charge in [0.2, 0.25) is 0 Å². The molecule has 0 aromatic carbocycles. The van der Waals surface area contributed by atoms with Crippen LogP contribution in [0.2, 0.25) is 0 Å². The minimum absolute atomic E-state index is 0.152. The Morgan fingerprint density at radius 2 is 2.00 bits per heavy atom. The summed E-state index contributed by atoms with van der Waals surface area (Å²) < 4.78 is 81.8. The van der Waals surface area contributed by atoms with E-state index in [0.717, 1.165) is 7.11 Å². The molecule has 1 aromatic rings. The lowest BCUT2D eigenvalue weighted by atomic mass is 10.1. The first-order chi connectivity index (χ1) is 9.14. The lowest BCUT2D eigenvalue weighted by molar-refractivity contribution is -0.275. The normalized spacial score (nSPS) is 11.6. The van der Waals surface area contributed by atoms with Crippen molar-refractivity contribution in [3.8, 4) is 5.75 Å². The molecule has 20 heavy (non-hydrogen) atoms. The fraction of sp³-hybridized carbons (Fsp3) is 0.400. The summed E-state index contributed by atoms with van der Waals surface area (Å²) in [5, 5.41) is 0. The Bertz CT molecular complexity index is 503. The third kappa shape index (κ3) is 4.28. The standard InChI is InChI=1S/C10H7F6NO3/c1-19-7(18)3-5-4(8(11)12)2-6(9(13)17-5)20-10(14,15)16/h2,8H,3H2,1H3.